The molecule has 3 rings (SSSR count). The molecule has 0 radical (unpaired) electrons. The third-order valence-electron chi connectivity index (χ3n) is 4.84. The van der Waals surface area contributed by atoms with Crippen molar-refractivity contribution in [1.29, 1.82) is 0 Å². The molecular weight excluding hydrogens is 308 g/mol. The zero-order valence-electron chi connectivity index (χ0n) is 15.5. The first-order valence-corrected chi connectivity index (χ1v) is 9.22. The lowest BCUT2D eigenvalue weighted by Crippen LogP contribution is -2.09. The fourth-order valence-corrected chi connectivity index (χ4v) is 3.20. The lowest BCUT2D eigenvalue weighted by Gasteiger charge is -2.14. The molecule has 1 heterocycles. The smallest absolute Gasteiger partial charge is 0.224 e. The summed E-state index contributed by atoms with van der Waals surface area (Å²) in [6.07, 6.45) is 8.63. The van der Waals surface area contributed by atoms with Crippen LogP contribution in [0.15, 0.2) is 35.9 Å². The molecule has 132 valence electrons. The zero-order chi connectivity index (χ0) is 17.6. The van der Waals surface area contributed by atoms with Crippen molar-refractivity contribution >= 4 is 17.5 Å². The molecular formula is C21H28N4. The van der Waals surface area contributed by atoms with Gasteiger partial charge in [0.1, 0.15) is 5.82 Å². The second kappa shape index (κ2) is 8.15. The van der Waals surface area contributed by atoms with Gasteiger partial charge in [0.2, 0.25) is 5.95 Å². The number of nitrogens with one attached hydrogen (secondary N) is 2. The maximum absolute atomic E-state index is 4.63. The Bertz CT molecular complexity index is 764. The van der Waals surface area contributed by atoms with Crippen LogP contribution in [-0.2, 0) is 0 Å². The van der Waals surface area contributed by atoms with E-state index in [0.29, 0.717) is 5.95 Å². The van der Waals surface area contributed by atoms with E-state index in [1.54, 1.807) is 5.57 Å². The lowest BCUT2D eigenvalue weighted by atomic mass is 9.97. The number of hydrogen-bond acceptors (Lipinski definition) is 4. The predicted octanol–water partition coefficient (Wildman–Crippen LogP) is 5.45. The molecule has 0 bridgehead atoms. The Morgan fingerprint density at radius 1 is 1.08 bits per heavy atom. The van der Waals surface area contributed by atoms with Crippen molar-refractivity contribution < 1.29 is 0 Å². The lowest BCUT2D eigenvalue weighted by molar-refractivity contribution is 0.679. The minimum atomic E-state index is 0.698. The van der Waals surface area contributed by atoms with E-state index in [4.69, 9.17) is 0 Å². The predicted molar refractivity (Wildman–Crippen MR) is 106 cm³/mol. The van der Waals surface area contributed by atoms with Crippen molar-refractivity contribution in [3.8, 4) is 0 Å². The van der Waals surface area contributed by atoms with E-state index in [0.717, 1.165) is 30.2 Å². The van der Waals surface area contributed by atoms with E-state index in [-0.39, 0.29) is 0 Å². The maximum Gasteiger partial charge on any atom is 0.224 e. The molecule has 0 aliphatic heterocycles. The number of hydrogen-bond donors (Lipinski definition) is 2. The van der Waals surface area contributed by atoms with E-state index in [1.807, 2.05) is 13.0 Å². The molecule has 0 amide bonds. The van der Waals surface area contributed by atoms with Crippen molar-refractivity contribution in [3.05, 3.63) is 52.7 Å². The molecule has 0 saturated carbocycles. The Kier molecular flexibility index (Phi) is 5.69. The van der Waals surface area contributed by atoms with Crippen molar-refractivity contribution in [1.82, 2.24) is 9.97 Å². The highest BCUT2D eigenvalue weighted by Crippen LogP contribution is 2.23. The number of aromatic nitrogens is 2. The van der Waals surface area contributed by atoms with Gasteiger partial charge in [0.25, 0.3) is 0 Å². The van der Waals surface area contributed by atoms with Gasteiger partial charge in [0.15, 0.2) is 0 Å². The zero-order valence-corrected chi connectivity index (χ0v) is 15.5. The van der Waals surface area contributed by atoms with Crippen LogP contribution >= 0.6 is 0 Å². The Morgan fingerprint density at radius 3 is 2.76 bits per heavy atom. The number of rotatable bonds is 6. The van der Waals surface area contributed by atoms with Crippen molar-refractivity contribution in [2.24, 2.45) is 0 Å². The molecule has 0 spiro atoms. The van der Waals surface area contributed by atoms with Crippen LogP contribution in [0, 0.1) is 20.8 Å². The number of nitrogens with zero attached hydrogens (tertiary/aromatic N) is 2. The third kappa shape index (κ3) is 4.81. The minimum absolute atomic E-state index is 0.698. The van der Waals surface area contributed by atoms with Crippen LogP contribution in [-0.4, -0.2) is 16.5 Å². The number of allylic oxidation sites excluding steroid dienone is 1. The van der Waals surface area contributed by atoms with Gasteiger partial charge in [-0.2, -0.15) is 4.98 Å². The van der Waals surface area contributed by atoms with Gasteiger partial charge in [0, 0.05) is 24.0 Å². The Labute approximate surface area is 150 Å². The maximum atomic E-state index is 4.63. The van der Waals surface area contributed by atoms with Crippen molar-refractivity contribution in [2.45, 2.75) is 52.9 Å². The fraction of sp³-hybridized carbons (Fsp3) is 0.429. The molecule has 2 N–H and O–H groups in total. The third-order valence-corrected chi connectivity index (χ3v) is 4.84. The summed E-state index contributed by atoms with van der Waals surface area (Å²) < 4.78 is 0. The molecule has 2 aromatic rings. The number of aryl methyl sites for hydroxylation is 2. The molecule has 1 aliphatic rings. The van der Waals surface area contributed by atoms with Crippen LogP contribution in [0.1, 0.15) is 48.9 Å². The molecule has 1 aromatic carbocycles. The summed E-state index contributed by atoms with van der Waals surface area (Å²) >= 11 is 0. The van der Waals surface area contributed by atoms with E-state index < -0.39 is 0 Å². The largest absolute Gasteiger partial charge is 0.354 e. The first-order valence-electron chi connectivity index (χ1n) is 9.22. The molecule has 0 unspecified atom stereocenters. The fourth-order valence-electron chi connectivity index (χ4n) is 3.20. The van der Waals surface area contributed by atoms with Crippen LogP contribution in [0.2, 0.25) is 0 Å². The van der Waals surface area contributed by atoms with Crippen molar-refractivity contribution in [3.63, 3.8) is 0 Å². The molecule has 0 fully saturated rings. The van der Waals surface area contributed by atoms with Gasteiger partial charge in [-0.25, -0.2) is 4.98 Å². The summed E-state index contributed by atoms with van der Waals surface area (Å²) in [5, 5.41) is 6.81. The first-order chi connectivity index (χ1) is 12.1. The highest BCUT2D eigenvalue weighted by molar-refractivity contribution is 5.62. The van der Waals surface area contributed by atoms with E-state index in [1.165, 1.54) is 36.8 Å². The van der Waals surface area contributed by atoms with Crippen LogP contribution in [0.4, 0.5) is 17.5 Å². The number of anilines is 3. The number of benzene rings is 1. The van der Waals surface area contributed by atoms with Crippen molar-refractivity contribution in [2.75, 3.05) is 17.2 Å². The Hall–Kier alpha value is -2.36. The van der Waals surface area contributed by atoms with Crippen LogP contribution in [0.3, 0.4) is 0 Å². The molecule has 1 aromatic heterocycles. The molecule has 4 heteroatoms. The van der Waals surface area contributed by atoms with E-state index in [2.05, 4.69) is 58.7 Å². The van der Waals surface area contributed by atoms with Gasteiger partial charge in [-0.3, -0.25) is 0 Å². The minimum Gasteiger partial charge on any atom is -0.354 e. The van der Waals surface area contributed by atoms with Gasteiger partial charge in [-0.05, 0) is 70.1 Å². The summed E-state index contributed by atoms with van der Waals surface area (Å²) in [7, 11) is 0. The summed E-state index contributed by atoms with van der Waals surface area (Å²) in [5.41, 5.74) is 6.14. The molecule has 0 saturated heterocycles. The van der Waals surface area contributed by atoms with Gasteiger partial charge in [-0.15, -0.1) is 0 Å². The average Bonchev–Trinajstić information content (AvgIpc) is 2.59. The first kappa shape index (κ1) is 17.5. The Morgan fingerprint density at radius 2 is 1.96 bits per heavy atom. The highest BCUT2D eigenvalue weighted by atomic mass is 15.1. The monoisotopic (exact) mass is 336 g/mol. The van der Waals surface area contributed by atoms with Crippen LogP contribution in [0.5, 0.6) is 0 Å². The summed E-state index contributed by atoms with van der Waals surface area (Å²) in [5.74, 6) is 1.53. The summed E-state index contributed by atoms with van der Waals surface area (Å²) in [6, 6.07) is 8.26. The van der Waals surface area contributed by atoms with Crippen LogP contribution < -0.4 is 10.6 Å². The quantitative estimate of drug-likeness (QED) is 0.689. The van der Waals surface area contributed by atoms with E-state index >= 15 is 0 Å². The molecule has 1 aliphatic carbocycles. The second-order valence-corrected chi connectivity index (χ2v) is 6.88. The topological polar surface area (TPSA) is 49.8 Å². The highest BCUT2D eigenvalue weighted by Gasteiger charge is 2.07. The molecule has 25 heavy (non-hydrogen) atoms. The Balaban J connectivity index is 1.65. The summed E-state index contributed by atoms with van der Waals surface area (Å²) in [4.78, 5) is 9.15. The normalized spacial score (nSPS) is 14.1. The van der Waals surface area contributed by atoms with Gasteiger partial charge >= 0.3 is 0 Å². The average molecular weight is 336 g/mol. The van der Waals surface area contributed by atoms with Crippen LogP contribution in [0.25, 0.3) is 0 Å². The van der Waals surface area contributed by atoms with Gasteiger partial charge < -0.3 is 10.6 Å². The SMILES string of the molecule is Cc1cc(Nc2cccc(C)c2C)nc(NCCC2=CCCCC2)n1. The second-order valence-electron chi connectivity index (χ2n) is 6.88. The van der Waals surface area contributed by atoms with Gasteiger partial charge in [-0.1, -0.05) is 23.8 Å². The standard InChI is InChI=1S/C21H28N4/c1-15-8-7-11-19(17(15)3)24-20-14-16(2)23-21(25-20)22-13-12-18-9-5-4-6-10-18/h7-9,11,14H,4-6,10,12-13H2,1-3H3,(H2,22,23,24,25). The molecule has 4 nitrogen and oxygen atoms in total. The molecule has 0 atom stereocenters. The summed E-state index contributed by atoms with van der Waals surface area (Å²) in [6.45, 7) is 7.14. The van der Waals surface area contributed by atoms with Gasteiger partial charge in [0.05, 0.1) is 0 Å². The van der Waals surface area contributed by atoms with E-state index in [9.17, 15) is 0 Å².